The number of hydrogen-bond donors (Lipinski definition) is 1. The molecule has 1 aromatic rings. The minimum absolute atomic E-state index is 0.0118. The van der Waals surface area contributed by atoms with Crippen molar-refractivity contribution in [3.05, 3.63) is 29.8 Å². The van der Waals surface area contributed by atoms with Gasteiger partial charge in [0.15, 0.2) is 0 Å². The summed E-state index contributed by atoms with van der Waals surface area (Å²) >= 11 is 0. The molecular formula is C21H30F3N3O3S. The fourth-order valence-electron chi connectivity index (χ4n) is 4.73. The summed E-state index contributed by atoms with van der Waals surface area (Å²) in [6.07, 6.45) is -2.15. The van der Waals surface area contributed by atoms with Gasteiger partial charge in [-0.25, -0.2) is 8.42 Å². The molecule has 2 fully saturated rings. The number of hydrogen-bond acceptors (Lipinski definition) is 4. The maximum Gasteiger partial charge on any atom is 0.416 e. The van der Waals surface area contributed by atoms with Gasteiger partial charge in [-0.3, -0.25) is 4.79 Å². The number of nitrogens with two attached hydrogens (primary N) is 1. The largest absolute Gasteiger partial charge is 0.416 e. The molecule has 1 saturated heterocycles. The fraction of sp³-hybridized carbons (Fsp3) is 0.667. The number of rotatable bonds is 6. The van der Waals surface area contributed by atoms with Crippen LogP contribution in [0.3, 0.4) is 0 Å². The van der Waals surface area contributed by atoms with E-state index in [1.54, 1.807) is 11.9 Å². The third kappa shape index (κ3) is 4.61. The van der Waals surface area contributed by atoms with Crippen molar-refractivity contribution < 1.29 is 26.4 Å². The molecule has 1 amide bonds. The molecule has 0 aromatic heterocycles. The lowest BCUT2D eigenvalue weighted by Crippen LogP contribution is -2.50. The Labute approximate surface area is 181 Å². The number of sulfonamides is 1. The third-order valence-electron chi connectivity index (χ3n) is 6.99. The molecule has 10 heteroatoms. The number of likely N-dealkylation sites (N-methyl/N-ethyl adjacent to an activating group) is 1. The van der Waals surface area contributed by atoms with E-state index in [4.69, 9.17) is 5.73 Å². The lowest BCUT2D eigenvalue weighted by molar-refractivity contribution is -0.137. The third-order valence-corrected chi connectivity index (χ3v) is 8.84. The van der Waals surface area contributed by atoms with Gasteiger partial charge < -0.3 is 10.6 Å². The van der Waals surface area contributed by atoms with Gasteiger partial charge in [0.1, 0.15) is 0 Å². The van der Waals surface area contributed by atoms with Gasteiger partial charge in [0.25, 0.3) is 0 Å². The number of halogens is 3. The van der Waals surface area contributed by atoms with Gasteiger partial charge in [-0.05, 0) is 54.9 Å². The Kier molecular flexibility index (Phi) is 6.74. The summed E-state index contributed by atoms with van der Waals surface area (Å²) in [6.45, 7) is 4.46. The number of nitrogens with zero attached hydrogens (tertiary/aromatic N) is 2. The number of carbonyl (C=O) groups is 1. The highest BCUT2D eigenvalue weighted by molar-refractivity contribution is 7.89. The Morgan fingerprint density at radius 1 is 1.23 bits per heavy atom. The molecule has 31 heavy (non-hydrogen) atoms. The summed E-state index contributed by atoms with van der Waals surface area (Å²) in [5.41, 5.74) is 5.23. The smallest absolute Gasteiger partial charge is 0.341 e. The van der Waals surface area contributed by atoms with Gasteiger partial charge in [0.2, 0.25) is 15.9 Å². The highest BCUT2D eigenvalue weighted by Gasteiger charge is 2.48. The average molecular weight is 462 g/mol. The van der Waals surface area contributed by atoms with E-state index >= 15 is 0 Å². The highest BCUT2D eigenvalue weighted by atomic mass is 32.2. The van der Waals surface area contributed by atoms with E-state index in [-0.39, 0.29) is 41.1 Å². The monoisotopic (exact) mass is 461 g/mol. The molecule has 2 aliphatic rings. The predicted molar refractivity (Wildman–Crippen MR) is 110 cm³/mol. The van der Waals surface area contributed by atoms with E-state index in [9.17, 15) is 26.4 Å². The van der Waals surface area contributed by atoms with Crippen molar-refractivity contribution >= 4 is 15.9 Å². The normalized spacial score (nSPS) is 26.5. The summed E-state index contributed by atoms with van der Waals surface area (Å²) in [7, 11) is -2.18. The molecule has 3 rings (SSSR count). The van der Waals surface area contributed by atoms with Crippen molar-refractivity contribution in [1.82, 2.24) is 9.21 Å². The molecule has 1 aromatic carbocycles. The second kappa shape index (κ2) is 8.71. The Morgan fingerprint density at radius 3 is 2.39 bits per heavy atom. The number of carbonyl (C=O) groups excluding carboxylic acids is 1. The second-order valence-electron chi connectivity index (χ2n) is 8.77. The van der Waals surface area contributed by atoms with Crippen LogP contribution in [0.5, 0.6) is 0 Å². The van der Waals surface area contributed by atoms with Gasteiger partial charge >= 0.3 is 6.18 Å². The molecule has 1 aliphatic carbocycles. The molecular weight excluding hydrogens is 431 g/mol. The quantitative estimate of drug-likeness (QED) is 0.706. The first-order valence-corrected chi connectivity index (χ1v) is 12.0. The van der Waals surface area contributed by atoms with Crippen LogP contribution in [0, 0.1) is 17.8 Å². The maximum absolute atomic E-state index is 13.0. The Hall–Kier alpha value is -1.65. The van der Waals surface area contributed by atoms with Crippen molar-refractivity contribution in [2.75, 3.05) is 20.1 Å². The molecule has 0 bridgehead atoms. The first-order valence-electron chi connectivity index (χ1n) is 10.6. The first kappa shape index (κ1) is 24.0. The van der Waals surface area contributed by atoms with E-state index in [0.29, 0.717) is 6.54 Å². The van der Waals surface area contributed by atoms with E-state index in [2.05, 4.69) is 0 Å². The van der Waals surface area contributed by atoms with Crippen LogP contribution in [0.25, 0.3) is 0 Å². The van der Waals surface area contributed by atoms with E-state index in [0.717, 1.165) is 43.5 Å². The van der Waals surface area contributed by atoms with Gasteiger partial charge in [-0.2, -0.15) is 17.5 Å². The van der Waals surface area contributed by atoms with Crippen LogP contribution in [0.15, 0.2) is 29.2 Å². The van der Waals surface area contributed by atoms with Crippen LogP contribution in [0.2, 0.25) is 0 Å². The summed E-state index contributed by atoms with van der Waals surface area (Å²) in [5.74, 6) is 0.0166. The van der Waals surface area contributed by atoms with E-state index in [1.165, 1.54) is 4.31 Å². The summed E-state index contributed by atoms with van der Waals surface area (Å²) < 4.78 is 65.7. The van der Waals surface area contributed by atoms with Crippen molar-refractivity contribution in [2.24, 2.45) is 23.5 Å². The Morgan fingerprint density at radius 2 is 1.84 bits per heavy atom. The zero-order valence-corrected chi connectivity index (χ0v) is 18.8. The van der Waals surface area contributed by atoms with Crippen molar-refractivity contribution in [1.29, 1.82) is 0 Å². The summed E-state index contributed by atoms with van der Waals surface area (Å²) in [5, 5.41) is 0. The minimum atomic E-state index is -4.52. The van der Waals surface area contributed by atoms with Gasteiger partial charge in [-0.15, -0.1) is 0 Å². The van der Waals surface area contributed by atoms with Crippen LogP contribution in [0.1, 0.15) is 38.7 Å². The zero-order valence-electron chi connectivity index (χ0n) is 18.0. The molecule has 174 valence electrons. The summed E-state index contributed by atoms with van der Waals surface area (Å²) in [4.78, 5) is 14.3. The first-order chi connectivity index (χ1) is 14.4. The molecule has 2 N–H and O–H groups in total. The maximum atomic E-state index is 13.0. The molecule has 0 spiro atoms. The zero-order chi connectivity index (χ0) is 23.1. The Balaban J connectivity index is 1.73. The average Bonchev–Trinajstić information content (AvgIpc) is 3.32. The van der Waals surface area contributed by atoms with Crippen LogP contribution in [-0.4, -0.2) is 55.8 Å². The van der Waals surface area contributed by atoms with Crippen LogP contribution in [0.4, 0.5) is 13.2 Å². The molecule has 5 atom stereocenters. The minimum Gasteiger partial charge on any atom is -0.341 e. The lowest BCUT2D eigenvalue weighted by atomic mass is 9.94. The number of fused-ring (bicyclic) bond motifs is 1. The molecule has 0 unspecified atom stereocenters. The van der Waals surface area contributed by atoms with Crippen LogP contribution < -0.4 is 5.73 Å². The van der Waals surface area contributed by atoms with Crippen molar-refractivity contribution in [3.63, 3.8) is 0 Å². The highest BCUT2D eigenvalue weighted by Crippen LogP contribution is 2.42. The SMILES string of the molecule is CC[C@H](C)[C@H](N)C(=O)N(C)[C@@H]1CC[C@H]2CN(S(=O)(=O)c3ccc(C(F)(F)F)cc3)C[C@H]21. The van der Waals surface area contributed by atoms with Gasteiger partial charge in [0.05, 0.1) is 16.5 Å². The van der Waals surface area contributed by atoms with E-state index < -0.39 is 27.8 Å². The second-order valence-corrected chi connectivity index (χ2v) is 10.7. The topological polar surface area (TPSA) is 83.7 Å². The number of amides is 1. The number of benzene rings is 1. The molecule has 1 aliphatic heterocycles. The number of alkyl halides is 3. The van der Waals surface area contributed by atoms with Crippen LogP contribution >= 0.6 is 0 Å². The van der Waals surface area contributed by atoms with Gasteiger partial charge in [0, 0.05) is 26.2 Å². The van der Waals surface area contributed by atoms with Crippen molar-refractivity contribution in [3.8, 4) is 0 Å². The fourth-order valence-corrected chi connectivity index (χ4v) is 6.27. The lowest BCUT2D eigenvalue weighted by Gasteiger charge is -2.33. The predicted octanol–water partition coefficient (Wildman–Crippen LogP) is 2.94. The van der Waals surface area contributed by atoms with Crippen LogP contribution in [-0.2, 0) is 21.0 Å². The molecule has 6 nitrogen and oxygen atoms in total. The Bertz CT molecular complexity index is 905. The molecule has 1 heterocycles. The van der Waals surface area contributed by atoms with E-state index in [1.807, 2.05) is 13.8 Å². The molecule has 1 saturated carbocycles. The standard InChI is InChI=1S/C21H30F3N3O3S/c1-4-13(2)19(25)20(28)26(3)18-10-5-14-11-27(12-17(14)18)31(29,30)16-8-6-15(7-9-16)21(22,23)24/h6-9,13-14,17-19H,4-5,10-12,25H2,1-3H3/t13-,14-,17+,18+,19-/m0/s1. The van der Waals surface area contributed by atoms with Crippen molar-refractivity contribution in [2.45, 2.75) is 56.3 Å². The summed E-state index contributed by atoms with van der Waals surface area (Å²) in [6, 6.07) is 2.89. The molecule has 0 radical (unpaired) electrons. The van der Waals surface area contributed by atoms with Gasteiger partial charge in [-0.1, -0.05) is 20.3 Å².